The number of carbonyl (C=O) groups is 1. The fourth-order valence-corrected chi connectivity index (χ4v) is 3.31. The highest BCUT2D eigenvalue weighted by Crippen LogP contribution is 2.25. The number of hydrogen-bond acceptors (Lipinski definition) is 7. The lowest BCUT2D eigenvalue weighted by molar-refractivity contribution is -0.121. The Kier molecular flexibility index (Phi) is 4.02. The van der Waals surface area contributed by atoms with Gasteiger partial charge in [-0.15, -0.1) is 21.5 Å². The van der Waals surface area contributed by atoms with E-state index in [1.165, 1.54) is 0 Å². The van der Waals surface area contributed by atoms with E-state index in [4.69, 9.17) is 0 Å². The minimum Gasteiger partial charge on any atom is -0.346 e. The molecule has 0 aromatic carbocycles. The highest BCUT2D eigenvalue weighted by Gasteiger charge is 2.15. The first-order valence-corrected chi connectivity index (χ1v) is 8.04. The summed E-state index contributed by atoms with van der Waals surface area (Å²) in [5.74, 6) is 0.343. The fraction of sp³-hybridized carbons (Fsp3) is 0.250. The molecule has 9 heteroatoms. The smallest absolute Gasteiger partial charge is 0.226 e. The largest absolute Gasteiger partial charge is 0.346 e. The highest BCUT2D eigenvalue weighted by atomic mass is 32.1. The van der Waals surface area contributed by atoms with Crippen LogP contribution < -0.4 is 5.32 Å². The average Bonchev–Trinajstić information content (AvgIpc) is 3.21. The third kappa shape index (κ3) is 3.31. The van der Waals surface area contributed by atoms with Gasteiger partial charge in [-0.05, 0) is 18.4 Å². The van der Waals surface area contributed by atoms with Gasteiger partial charge >= 0.3 is 0 Å². The van der Waals surface area contributed by atoms with Gasteiger partial charge in [-0.25, -0.2) is 4.98 Å². The van der Waals surface area contributed by atoms with Crippen LogP contribution in [0, 0.1) is 0 Å². The third-order valence-electron chi connectivity index (χ3n) is 2.79. The van der Waals surface area contributed by atoms with E-state index >= 15 is 0 Å². The van der Waals surface area contributed by atoms with Crippen molar-refractivity contribution >= 4 is 28.6 Å². The second kappa shape index (κ2) is 6.10. The van der Waals surface area contributed by atoms with Crippen LogP contribution in [-0.4, -0.2) is 31.5 Å². The van der Waals surface area contributed by atoms with E-state index in [0.29, 0.717) is 5.82 Å². The first-order chi connectivity index (χ1) is 10.2. The summed E-state index contributed by atoms with van der Waals surface area (Å²) in [4.78, 5) is 16.5. The second-order valence-electron chi connectivity index (χ2n) is 4.39. The standard InChI is InChI=1S/C12H12N6OS2/c1-7(11-15-17-18-16-11)13-10(19)4-9-6-21-12(14-9)8-2-3-20-5-8/h2-3,5-7H,4H2,1H3,(H,13,19)(H,15,16,17,18). The van der Waals surface area contributed by atoms with Gasteiger partial charge in [0.2, 0.25) is 5.91 Å². The number of carbonyl (C=O) groups excluding carboxylic acids is 1. The van der Waals surface area contributed by atoms with Crippen molar-refractivity contribution in [1.29, 1.82) is 0 Å². The zero-order chi connectivity index (χ0) is 14.7. The molecule has 0 aliphatic rings. The molecule has 0 bridgehead atoms. The molecule has 108 valence electrons. The molecular formula is C12H12N6OS2. The first kappa shape index (κ1) is 13.8. The lowest BCUT2D eigenvalue weighted by Crippen LogP contribution is -2.28. The van der Waals surface area contributed by atoms with Crippen LogP contribution in [0.2, 0.25) is 0 Å². The van der Waals surface area contributed by atoms with Crippen LogP contribution in [-0.2, 0) is 11.2 Å². The van der Waals surface area contributed by atoms with Crippen LogP contribution in [0.3, 0.4) is 0 Å². The zero-order valence-electron chi connectivity index (χ0n) is 11.1. The van der Waals surface area contributed by atoms with Gasteiger partial charge in [0, 0.05) is 16.3 Å². The van der Waals surface area contributed by atoms with Crippen molar-refractivity contribution in [1.82, 2.24) is 30.9 Å². The number of thiophene rings is 1. The number of thiazole rings is 1. The molecular weight excluding hydrogens is 308 g/mol. The van der Waals surface area contributed by atoms with Crippen molar-refractivity contribution in [2.45, 2.75) is 19.4 Å². The van der Waals surface area contributed by atoms with Gasteiger partial charge in [-0.3, -0.25) is 4.79 Å². The second-order valence-corrected chi connectivity index (χ2v) is 6.03. The maximum atomic E-state index is 12.0. The molecule has 2 N–H and O–H groups in total. The van der Waals surface area contributed by atoms with Crippen LogP contribution in [0.25, 0.3) is 10.6 Å². The monoisotopic (exact) mass is 320 g/mol. The summed E-state index contributed by atoms with van der Waals surface area (Å²) >= 11 is 3.17. The summed E-state index contributed by atoms with van der Waals surface area (Å²) in [6.07, 6.45) is 0.239. The molecule has 0 saturated heterocycles. The van der Waals surface area contributed by atoms with Crippen molar-refractivity contribution < 1.29 is 4.79 Å². The Labute approximate surface area is 128 Å². The minimum atomic E-state index is -0.286. The van der Waals surface area contributed by atoms with E-state index in [1.54, 1.807) is 29.6 Å². The Hall–Kier alpha value is -2.13. The quantitative estimate of drug-likeness (QED) is 0.747. The number of aromatic nitrogens is 5. The van der Waals surface area contributed by atoms with Crippen molar-refractivity contribution in [3.8, 4) is 10.6 Å². The fourth-order valence-electron chi connectivity index (χ4n) is 1.78. The van der Waals surface area contributed by atoms with Crippen LogP contribution in [0.15, 0.2) is 22.2 Å². The summed E-state index contributed by atoms with van der Waals surface area (Å²) in [6, 6.07) is 1.73. The van der Waals surface area contributed by atoms with Gasteiger partial charge in [-0.1, -0.05) is 5.21 Å². The summed E-state index contributed by atoms with van der Waals surface area (Å²) in [7, 11) is 0. The molecule has 3 rings (SSSR count). The molecule has 7 nitrogen and oxygen atoms in total. The Morgan fingerprint density at radius 1 is 1.48 bits per heavy atom. The number of nitrogens with zero attached hydrogens (tertiary/aromatic N) is 4. The highest BCUT2D eigenvalue weighted by molar-refractivity contribution is 7.14. The van der Waals surface area contributed by atoms with Crippen LogP contribution in [0.1, 0.15) is 24.5 Å². The number of amides is 1. The van der Waals surface area contributed by atoms with E-state index in [2.05, 4.69) is 30.9 Å². The van der Waals surface area contributed by atoms with E-state index in [0.717, 1.165) is 16.3 Å². The van der Waals surface area contributed by atoms with E-state index in [-0.39, 0.29) is 18.4 Å². The van der Waals surface area contributed by atoms with Crippen molar-refractivity contribution in [2.75, 3.05) is 0 Å². The molecule has 1 amide bonds. The van der Waals surface area contributed by atoms with E-state index < -0.39 is 0 Å². The normalized spacial score (nSPS) is 12.2. The minimum absolute atomic E-state index is 0.116. The molecule has 21 heavy (non-hydrogen) atoms. The first-order valence-electron chi connectivity index (χ1n) is 6.22. The molecule has 0 fully saturated rings. The Bertz CT molecular complexity index is 706. The topological polar surface area (TPSA) is 96.5 Å². The maximum absolute atomic E-state index is 12.0. The molecule has 1 atom stereocenters. The summed E-state index contributed by atoms with van der Waals surface area (Å²) < 4.78 is 0. The molecule has 0 saturated carbocycles. The predicted octanol–water partition coefficient (Wildman–Crippen LogP) is 1.80. The SMILES string of the molecule is CC(NC(=O)Cc1csc(-c2ccsc2)n1)c1nn[nH]n1. The molecule has 1 unspecified atom stereocenters. The van der Waals surface area contributed by atoms with Crippen LogP contribution in [0.4, 0.5) is 0 Å². The van der Waals surface area contributed by atoms with Gasteiger partial charge in [0.1, 0.15) is 5.01 Å². The van der Waals surface area contributed by atoms with Gasteiger partial charge in [0.05, 0.1) is 18.2 Å². The average molecular weight is 320 g/mol. The Morgan fingerprint density at radius 3 is 3.10 bits per heavy atom. The zero-order valence-corrected chi connectivity index (χ0v) is 12.7. The van der Waals surface area contributed by atoms with Crippen molar-refractivity contribution in [3.63, 3.8) is 0 Å². The molecule has 0 aliphatic carbocycles. The molecule has 0 radical (unpaired) electrons. The molecule has 3 aromatic rings. The number of nitrogens with one attached hydrogen (secondary N) is 2. The summed E-state index contributed by atoms with van der Waals surface area (Å²) in [6.45, 7) is 1.81. The molecule has 3 heterocycles. The number of rotatable bonds is 5. The Balaban J connectivity index is 1.60. The van der Waals surface area contributed by atoms with Crippen LogP contribution >= 0.6 is 22.7 Å². The van der Waals surface area contributed by atoms with Gasteiger partial charge < -0.3 is 5.32 Å². The third-order valence-corrected chi connectivity index (χ3v) is 4.41. The van der Waals surface area contributed by atoms with Crippen LogP contribution in [0.5, 0.6) is 0 Å². The number of aromatic amines is 1. The molecule has 0 aliphatic heterocycles. The van der Waals surface area contributed by atoms with Crippen molar-refractivity contribution in [2.24, 2.45) is 0 Å². The maximum Gasteiger partial charge on any atom is 0.226 e. The van der Waals surface area contributed by atoms with Crippen molar-refractivity contribution in [3.05, 3.63) is 33.7 Å². The Morgan fingerprint density at radius 2 is 2.38 bits per heavy atom. The van der Waals surface area contributed by atoms with E-state index in [9.17, 15) is 4.79 Å². The summed E-state index contributed by atoms with van der Waals surface area (Å²) in [5, 5.41) is 23.2. The summed E-state index contributed by atoms with van der Waals surface area (Å²) in [5.41, 5.74) is 1.86. The number of H-pyrrole nitrogens is 1. The number of tetrazole rings is 1. The molecule has 3 aromatic heterocycles. The molecule has 0 spiro atoms. The van der Waals surface area contributed by atoms with Gasteiger partial charge in [0.15, 0.2) is 5.82 Å². The lowest BCUT2D eigenvalue weighted by Gasteiger charge is -2.08. The van der Waals surface area contributed by atoms with Gasteiger partial charge in [-0.2, -0.15) is 16.6 Å². The number of hydrogen-bond donors (Lipinski definition) is 2. The lowest BCUT2D eigenvalue weighted by atomic mass is 10.2. The van der Waals surface area contributed by atoms with E-state index in [1.807, 2.05) is 22.2 Å². The predicted molar refractivity (Wildman–Crippen MR) is 79.9 cm³/mol. The van der Waals surface area contributed by atoms with Gasteiger partial charge in [0.25, 0.3) is 0 Å².